The summed E-state index contributed by atoms with van der Waals surface area (Å²) in [6, 6.07) is 9.16. The lowest BCUT2D eigenvalue weighted by Crippen LogP contribution is -2.14. The lowest BCUT2D eigenvalue weighted by molar-refractivity contribution is 0.622. The Balaban J connectivity index is 2.54. The second kappa shape index (κ2) is 5.27. The molecule has 0 saturated heterocycles. The summed E-state index contributed by atoms with van der Waals surface area (Å²) in [5.74, 6) is -0.325. The van der Waals surface area contributed by atoms with E-state index in [1.165, 1.54) is 12.1 Å². The molecule has 0 aliphatic rings. The first-order valence-electron chi connectivity index (χ1n) is 5.46. The number of nitrogens with two attached hydrogens (primary N) is 1. The minimum Gasteiger partial charge on any atom is -0.320 e. The highest BCUT2D eigenvalue weighted by molar-refractivity contribution is 6.36. The smallest absolute Gasteiger partial charge is 0.123 e. The Morgan fingerprint density at radius 2 is 1.72 bits per heavy atom. The minimum absolute atomic E-state index is 0.325. The highest BCUT2D eigenvalue weighted by atomic mass is 35.5. The monoisotopic (exact) mass is 283 g/mol. The highest BCUT2D eigenvalue weighted by Crippen LogP contribution is 2.33. The number of halogens is 3. The van der Waals surface area contributed by atoms with Crippen molar-refractivity contribution in [3.8, 4) is 0 Å². The van der Waals surface area contributed by atoms with Crippen LogP contribution in [0.5, 0.6) is 0 Å². The van der Waals surface area contributed by atoms with Gasteiger partial charge in [-0.25, -0.2) is 4.39 Å². The molecule has 4 heteroatoms. The molecule has 0 heterocycles. The van der Waals surface area contributed by atoms with Crippen LogP contribution in [0.25, 0.3) is 0 Å². The molecule has 0 fully saturated rings. The summed E-state index contributed by atoms with van der Waals surface area (Å²) in [4.78, 5) is 0. The Kier molecular flexibility index (Phi) is 3.91. The van der Waals surface area contributed by atoms with Gasteiger partial charge in [0.25, 0.3) is 0 Å². The lowest BCUT2D eigenvalue weighted by atomic mass is 9.95. The number of benzene rings is 2. The largest absolute Gasteiger partial charge is 0.320 e. The zero-order valence-corrected chi connectivity index (χ0v) is 11.3. The maximum absolute atomic E-state index is 13.3. The average molecular weight is 284 g/mol. The molecule has 0 radical (unpaired) electrons. The van der Waals surface area contributed by atoms with E-state index in [1.807, 2.05) is 6.92 Å². The van der Waals surface area contributed by atoms with Gasteiger partial charge in [-0.15, -0.1) is 0 Å². The highest BCUT2D eigenvalue weighted by Gasteiger charge is 2.18. The third-order valence-electron chi connectivity index (χ3n) is 2.89. The van der Waals surface area contributed by atoms with Crippen molar-refractivity contribution >= 4 is 23.2 Å². The van der Waals surface area contributed by atoms with E-state index in [1.54, 1.807) is 24.3 Å². The zero-order chi connectivity index (χ0) is 13.3. The van der Waals surface area contributed by atoms with Gasteiger partial charge < -0.3 is 5.73 Å². The first kappa shape index (κ1) is 13.3. The Labute approximate surface area is 115 Å². The number of aryl methyl sites for hydroxylation is 1. The van der Waals surface area contributed by atoms with Gasteiger partial charge in [0, 0.05) is 15.6 Å². The fourth-order valence-corrected chi connectivity index (χ4v) is 2.54. The number of rotatable bonds is 2. The van der Waals surface area contributed by atoms with E-state index in [-0.39, 0.29) is 5.82 Å². The third kappa shape index (κ3) is 2.51. The summed E-state index contributed by atoms with van der Waals surface area (Å²) in [7, 11) is 0. The molecule has 0 amide bonds. The Bertz CT molecular complexity index is 564. The van der Waals surface area contributed by atoms with Crippen LogP contribution < -0.4 is 5.73 Å². The fourth-order valence-electron chi connectivity index (χ4n) is 1.91. The van der Waals surface area contributed by atoms with E-state index in [2.05, 4.69) is 0 Å². The van der Waals surface area contributed by atoms with E-state index in [4.69, 9.17) is 28.9 Å². The Morgan fingerprint density at radius 1 is 1.11 bits per heavy atom. The van der Waals surface area contributed by atoms with E-state index in [9.17, 15) is 4.39 Å². The van der Waals surface area contributed by atoms with Crippen molar-refractivity contribution < 1.29 is 4.39 Å². The van der Waals surface area contributed by atoms with E-state index in [0.29, 0.717) is 21.2 Å². The SMILES string of the molecule is Cc1ccc(F)cc1C(N)c1c(Cl)cccc1Cl. The molecule has 94 valence electrons. The summed E-state index contributed by atoms with van der Waals surface area (Å²) < 4.78 is 13.3. The van der Waals surface area contributed by atoms with E-state index >= 15 is 0 Å². The molecule has 2 aromatic rings. The second-order valence-corrected chi connectivity index (χ2v) is 4.93. The molecule has 1 unspecified atom stereocenters. The van der Waals surface area contributed by atoms with Gasteiger partial charge in [0.1, 0.15) is 5.82 Å². The van der Waals surface area contributed by atoms with Crippen molar-refractivity contribution in [1.29, 1.82) is 0 Å². The molecule has 18 heavy (non-hydrogen) atoms. The summed E-state index contributed by atoms with van der Waals surface area (Å²) in [6.07, 6.45) is 0. The van der Waals surface area contributed by atoms with Gasteiger partial charge in [0.05, 0.1) is 6.04 Å². The second-order valence-electron chi connectivity index (χ2n) is 4.11. The van der Waals surface area contributed by atoms with Gasteiger partial charge in [-0.2, -0.15) is 0 Å². The summed E-state index contributed by atoms with van der Waals surface area (Å²) in [5.41, 5.74) is 8.36. The predicted octanol–water partition coefficient (Wildman–Crippen LogP) is 4.49. The zero-order valence-electron chi connectivity index (χ0n) is 9.75. The van der Waals surface area contributed by atoms with E-state index in [0.717, 1.165) is 5.56 Å². The Morgan fingerprint density at radius 3 is 2.33 bits per heavy atom. The fraction of sp³-hybridized carbons (Fsp3) is 0.143. The van der Waals surface area contributed by atoms with Crippen LogP contribution >= 0.6 is 23.2 Å². The van der Waals surface area contributed by atoms with Gasteiger partial charge in [-0.1, -0.05) is 35.3 Å². The lowest BCUT2D eigenvalue weighted by Gasteiger charge is -2.18. The van der Waals surface area contributed by atoms with Crippen LogP contribution in [0.1, 0.15) is 22.7 Å². The summed E-state index contributed by atoms with van der Waals surface area (Å²) >= 11 is 12.2. The molecule has 1 nitrogen and oxygen atoms in total. The molecule has 0 saturated carbocycles. The van der Waals surface area contributed by atoms with Gasteiger partial charge in [0.2, 0.25) is 0 Å². The van der Waals surface area contributed by atoms with Crippen LogP contribution in [0.15, 0.2) is 36.4 Å². The van der Waals surface area contributed by atoms with Crippen molar-refractivity contribution in [2.24, 2.45) is 5.73 Å². The van der Waals surface area contributed by atoms with Crippen molar-refractivity contribution in [1.82, 2.24) is 0 Å². The molecule has 0 bridgehead atoms. The quantitative estimate of drug-likeness (QED) is 0.864. The average Bonchev–Trinajstić information content (AvgIpc) is 2.32. The first-order valence-corrected chi connectivity index (χ1v) is 6.22. The van der Waals surface area contributed by atoms with Crippen LogP contribution in [0.2, 0.25) is 10.0 Å². The summed E-state index contributed by atoms with van der Waals surface area (Å²) in [6.45, 7) is 1.87. The van der Waals surface area contributed by atoms with Gasteiger partial charge in [-0.05, 0) is 42.3 Å². The van der Waals surface area contributed by atoms with Crippen molar-refractivity contribution in [2.75, 3.05) is 0 Å². The molecule has 0 spiro atoms. The van der Waals surface area contributed by atoms with Crippen LogP contribution in [-0.4, -0.2) is 0 Å². The molecule has 0 aliphatic heterocycles. The van der Waals surface area contributed by atoms with Crippen LogP contribution in [0.4, 0.5) is 4.39 Å². The van der Waals surface area contributed by atoms with Crippen molar-refractivity contribution in [3.63, 3.8) is 0 Å². The standard InChI is InChI=1S/C14H12Cl2FN/c1-8-5-6-9(17)7-10(8)14(18)13-11(15)3-2-4-12(13)16/h2-7,14H,18H2,1H3. The normalized spacial score (nSPS) is 12.5. The molecule has 0 aromatic heterocycles. The minimum atomic E-state index is -0.540. The molecule has 0 aliphatic carbocycles. The molecular formula is C14H12Cl2FN. The Hall–Kier alpha value is -1.09. The molecular weight excluding hydrogens is 272 g/mol. The number of hydrogen-bond donors (Lipinski definition) is 1. The van der Waals surface area contributed by atoms with E-state index < -0.39 is 6.04 Å². The topological polar surface area (TPSA) is 26.0 Å². The van der Waals surface area contributed by atoms with Crippen molar-refractivity contribution in [3.05, 3.63) is 69.0 Å². The third-order valence-corrected chi connectivity index (χ3v) is 3.55. The maximum atomic E-state index is 13.3. The molecule has 2 rings (SSSR count). The predicted molar refractivity (Wildman–Crippen MR) is 73.6 cm³/mol. The molecule has 2 N–H and O–H groups in total. The summed E-state index contributed by atoms with van der Waals surface area (Å²) in [5, 5.41) is 0.970. The van der Waals surface area contributed by atoms with Crippen LogP contribution in [0.3, 0.4) is 0 Å². The molecule has 2 aromatic carbocycles. The number of hydrogen-bond acceptors (Lipinski definition) is 1. The van der Waals surface area contributed by atoms with Gasteiger partial charge in [-0.3, -0.25) is 0 Å². The molecule has 1 atom stereocenters. The van der Waals surface area contributed by atoms with Crippen LogP contribution in [-0.2, 0) is 0 Å². The van der Waals surface area contributed by atoms with Gasteiger partial charge in [0.15, 0.2) is 0 Å². The van der Waals surface area contributed by atoms with Gasteiger partial charge >= 0.3 is 0 Å². The first-order chi connectivity index (χ1) is 8.50. The maximum Gasteiger partial charge on any atom is 0.123 e. The van der Waals surface area contributed by atoms with Crippen molar-refractivity contribution in [2.45, 2.75) is 13.0 Å². The van der Waals surface area contributed by atoms with Crippen LogP contribution in [0, 0.1) is 12.7 Å².